The van der Waals surface area contributed by atoms with Gasteiger partial charge >= 0.3 is 0 Å². The smallest absolute Gasteiger partial charge is 0.126 e. The van der Waals surface area contributed by atoms with E-state index in [9.17, 15) is 9.50 Å². The van der Waals surface area contributed by atoms with E-state index in [0.29, 0.717) is 5.56 Å². The molecule has 90 valence electrons. The average molecular weight is 224 g/mol. The molecule has 0 radical (unpaired) electrons. The Morgan fingerprint density at radius 2 is 1.88 bits per heavy atom. The predicted octanol–water partition coefficient (Wildman–Crippen LogP) is 3.73. The molecule has 0 aliphatic carbocycles. The van der Waals surface area contributed by atoms with Crippen molar-refractivity contribution >= 4 is 0 Å². The first-order chi connectivity index (χ1) is 7.44. The van der Waals surface area contributed by atoms with Crippen molar-refractivity contribution in [3.63, 3.8) is 0 Å². The summed E-state index contributed by atoms with van der Waals surface area (Å²) in [5.74, 6) is -0.295. The van der Waals surface area contributed by atoms with E-state index in [1.165, 1.54) is 6.07 Å². The summed E-state index contributed by atoms with van der Waals surface area (Å²) in [7, 11) is 0. The third kappa shape index (κ3) is 3.93. The summed E-state index contributed by atoms with van der Waals surface area (Å²) in [5, 5.41) is 9.33. The first-order valence-electron chi connectivity index (χ1n) is 5.79. The lowest BCUT2D eigenvalue weighted by Gasteiger charge is -2.22. The van der Waals surface area contributed by atoms with Crippen molar-refractivity contribution in [2.45, 2.75) is 39.5 Å². The second kappa shape index (κ2) is 5.44. The Balaban J connectivity index is 2.72. The Morgan fingerprint density at radius 1 is 1.25 bits per heavy atom. The minimum absolute atomic E-state index is 0.0109. The first kappa shape index (κ1) is 13.2. The molecular weight excluding hydrogens is 203 g/mol. The molecule has 16 heavy (non-hydrogen) atoms. The highest BCUT2D eigenvalue weighted by Gasteiger charge is 2.18. The van der Waals surface area contributed by atoms with E-state index < -0.39 is 0 Å². The monoisotopic (exact) mass is 224 g/mol. The molecule has 0 fully saturated rings. The standard InChI is InChI=1S/C14H21FO/c1-14(2,3)9-8-11(10-16)12-6-4-5-7-13(12)15/h4-7,11,16H,8-10H2,1-3H3. The van der Waals surface area contributed by atoms with Gasteiger partial charge in [0.1, 0.15) is 5.82 Å². The van der Waals surface area contributed by atoms with Crippen LogP contribution in [-0.4, -0.2) is 11.7 Å². The largest absolute Gasteiger partial charge is 0.396 e. The molecule has 0 saturated heterocycles. The van der Waals surface area contributed by atoms with Crippen molar-refractivity contribution in [1.29, 1.82) is 0 Å². The topological polar surface area (TPSA) is 20.2 Å². The third-order valence-corrected chi connectivity index (χ3v) is 2.81. The Kier molecular flexibility index (Phi) is 4.48. The van der Waals surface area contributed by atoms with Gasteiger partial charge in [0.2, 0.25) is 0 Å². The molecule has 1 unspecified atom stereocenters. The molecular formula is C14H21FO. The van der Waals surface area contributed by atoms with E-state index in [4.69, 9.17) is 0 Å². The van der Waals surface area contributed by atoms with Crippen LogP contribution in [0.25, 0.3) is 0 Å². The van der Waals surface area contributed by atoms with Crippen LogP contribution in [-0.2, 0) is 0 Å². The zero-order chi connectivity index (χ0) is 12.2. The van der Waals surface area contributed by atoms with Crippen LogP contribution in [0.2, 0.25) is 0 Å². The minimum Gasteiger partial charge on any atom is -0.396 e. The second-order valence-corrected chi connectivity index (χ2v) is 5.50. The lowest BCUT2D eigenvalue weighted by Crippen LogP contribution is -2.12. The van der Waals surface area contributed by atoms with Gasteiger partial charge in [0.05, 0.1) is 6.61 Å². The van der Waals surface area contributed by atoms with Crippen LogP contribution >= 0.6 is 0 Å². The van der Waals surface area contributed by atoms with Gasteiger partial charge in [-0.2, -0.15) is 0 Å². The molecule has 0 aliphatic rings. The Bertz CT molecular complexity index is 328. The molecule has 0 saturated carbocycles. The zero-order valence-corrected chi connectivity index (χ0v) is 10.3. The van der Waals surface area contributed by atoms with Gasteiger partial charge in [-0.25, -0.2) is 4.39 Å². The SMILES string of the molecule is CC(C)(C)CCC(CO)c1ccccc1F. The van der Waals surface area contributed by atoms with Crippen LogP contribution in [0.15, 0.2) is 24.3 Å². The number of aliphatic hydroxyl groups excluding tert-OH is 1. The highest BCUT2D eigenvalue weighted by molar-refractivity contribution is 5.21. The maximum Gasteiger partial charge on any atom is 0.126 e. The van der Waals surface area contributed by atoms with Crippen LogP contribution in [0.3, 0.4) is 0 Å². The number of halogens is 1. The lowest BCUT2D eigenvalue weighted by atomic mass is 9.84. The Hall–Kier alpha value is -0.890. The van der Waals surface area contributed by atoms with E-state index in [1.807, 2.05) is 6.07 Å². The van der Waals surface area contributed by atoms with Gasteiger partial charge in [-0.1, -0.05) is 39.0 Å². The average Bonchev–Trinajstić information content (AvgIpc) is 2.20. The maximum atomic E-state index is 13.5. The van der Waals surface area contributed by atoms with Gasteiger partial charge in [-0.05, 0) is 29.9 Å². The molecule has 1 nitrogen and oxygen atoms in total. The summed E-state index contributed by atoms with van der Waals surface area (Å²) >= 11 is 0. The zero-order valence-electron chi connectivity index (χ0n) is 10.3. The highest BCUT2D eigenvalue weighted by atomic mass is 19.1. The van der Waals surface area contributed by atoms with Gasteiger partial charge < -0.3 is 5.11 Å². The number of hydrogen-bond donors (Lipinski definition) is 1. The second-order valence-electron chi connectivity index (χ2n) is 5.50. The molecule has 1 atom stereocenters. The van der Waals surface area contributed by atoms with Crippen molar-refractivity contribution in [1.82, 2.24) is 0 Å². The van der Waals surface area contributed by atoms with Crippen molar-refractivity contribution in [3.8, 4) is 0 Å². The molecule has 0 aromatic heterocycles. The molecule has 1 rings (SSSR count). The van der Waals surface area contributed by atoms with E-state index in [0.717, 1.165) is 12.8 Å². The van der Waals surface area contributed by atoms with Crippen molar-refractivity contribution in [2.75, 3.05) is 6.61 Å². The normalized spacial score (nSPS) is 13.8. The van der Waals surface area contributed by atoms with Gasteiger partial charge in [0.15, 0.2) is 0 Å². The van der Waals surface area contributed by atoms with E-state index >= 15 is 0 Å². The first-order valence-corrected chi connectivity index (χ1v) is 5.79. The molecule has 2 heteroatoms. The molecule has 0 heterocycles. The molecule has 0 bridgehead atoms. The van der Waals surface area contributed by atoms with Gasteiger partial charge in [-0.3, -0.25) is 0 Å². The van der Waals surface area contributed by atoms with E-state index in [2.05, 4.69) is 20.8 Å². The van der Waals surface area contributed by atoms with Crippen molar-refractivity contribution < 1.29 is 9.50 Å². The molecule has 1 N–H and O–H groups in total. The van der Waals surface area contributed by atoms with Gasteiger partial charge in [-0.15, -0.1) is 0 Å². The molecule has 0 spiro atoms. The summed E-state index contributed by atoms with van der Waals surface area (Å²) in [4.78, 5) is 0. The number of benzene rings is 1. The van der Waals surface area contributed by atoms with Crippen LogP contribution in [0.5, 0.6) is 0 Å². The molecule has 0 aliphatic heterocycles. The lowest BCUT2D eigenvalue weighted by molar-refractivity contribution is 0.238. The third-order valence-electron chi connectivity index (χ3n) is 2.81. The van der Waals surface area contributed by atoms with E-state index in [1.54, 1.807) is 12.1 Å². The quantitative estimate of drug-likeness (QED) is 0.826. The summed E-state index contributed by atoms with van der Waals surface area (Å²) in [6.45, 7) is 6.48. The fourth-order valence-corrected chi connectivity index (χ4v) is 1.76. The minimum atomic E-state index is -0.213. The fraction of sp³-hybridized carbons (Fsp3) is 0.571. The predicted molar refractivity (Wildman–Crippen MR) is 64.9 cm³/mol. The number of rotatable bonds is 4. The summed E-state index contributed by atoms with van der Waals surface area (Å²) in [6.07, 6.45) is 1.80. The number of aliphatic hydroxyl groups is 1. The number of hydrogen-bond acceptors (Lipinski definition) is 1. The molecule has 1 aromatic rings. The molecule has 0 amide bonds. The summed E-state index contributed by atoms with van der Waals surface area (Å²) in [5.41, 5.74) is 0.854. The van der Waals surface area contributed by atoms with Crippen LogP contribution in [0, 0.1) is 11.2 Å². The van der Waals surface area contributed by atoms with Crippen LogP contribution in [0.1, 0.15) is 45.1 Å². The summed E-state index contributed by atoms with van der Waals surface area (Å²) in [6, 6.07) is 6.71. The summed E-state index contributed by atoms with van der Waals surface area (Å²) < 4.78 is 13.5. The van der Waals surface area contributed by atoms with Gasteiger partial charge in [0.25, 0.3) is 0 Å². The maximum absolute atomic E-state index is 13.5. The van der Waals surface area contributed by atoms with Crippen molar-refractivity contribution in [2.24, 2.45) is 5.41 Å². The van der Waals surface area contributed by atoms with Gasteiger partial charge in [0, 0.05) is 5.92 Å². The fourth-order valence-electron chi connectivity index (χ4n) is 1.76. The van der Waals surface area contributed by atoms with Crippen LogP contribution < -0.4 is 0 Å². The molecule has 1 aromatic carbocycles. The highest BCUT2D eigenvalue weighted by Crippen LogP contribution is 2.29. The van der Waals surface area contributed by atoms with E-state index in [-0.39, 0.29) is 23.8 Å². The van der Waals surface area contributed by atoms with Crippen LogP contribution in [0.4, 0.5) is 4.39 Å². The Labute approximate surface area is 97.3 Å². The van der Waals surface area contributed by atoms with Crippen molar-refractivity contribution in [3.05, 3.63) is 35.6 Å². The Morgan fingerprint density at radius 3 is 2.38 bits per heavy atom.